The van der Waals surface area contributed by atoms with Gasteiger partial charge in [-0.3, -0.25) is 4.79 Å². The van der Waals surface area contributed by atoms with E-state index in [4.69, 9.17) is 0 Å². The minimum Gasteiger partial charge on any atom is -0.341 e. The monoisotopic (exact) mass is 322 g/mol. The zero-order valence-electron chi connectivity index (χ0n) is 11.2. The fraction of sp³-hybridized carbons (Fsp3) is 0.533. The highest BCUT2D eigenvalue weighted by molar-refractivity contribution is 9.10. The molecule has 1 saturated carbocycles. The Morgan fingerprint density at radius 2 is 2.05 bits per heavy atom. The summed E-state index contributed by atoms with van der Waals surface area (Å²) in [5.74, 6) is 0.295. The van der Waals surface area contributed by atoms with Gasteiger partial charge in [0, 0.05) is 24.1 Å². The smallest absolute Gasteiger partial charge is 0.233 e. The number of likely N-dealkylation sites (N-methyl/N-ethyl adjacent to an activating group) is 1. The molecule has 0 bridgehead atoms. The van der Waals surface area contributed by atoms with Crippen LogP contribution in [-0.4, -0.2) is 37.0 Å². The first-order chi connectivity index (χ1) is 9.13. The van der Waals surface area contributed by atoms with E-state index in [-0.39, 0.29) is 5.41 Å². The number of rotatable bonds is 3. The summed E-state index contributed by atoms with van der Waals surface area (Å²) in [6.07, 6.45) is 3.04. The number of hydrogen-bond donors (Lipinski definition) is 1. The average molecular weight is 323 g/mol. The molecule has 1 aromatic carbocycles. The molecule has 1 saturated heterocycles. The quantitative estimate of drug-likeness (QED) is 0.926. The molecular formula is C15H19BrN2O. The molecule has 3 nitrogen and oxygen atoms in total. The van der Waals surface area contributed by atoms with Gasteiger partial charge in [0.05, 0.1) is 5.41 Å². The van der Waals surface area contributed by atoms with Gasteiger partial charge in [-0.2, -0.15) is 0 Å². The Balaban J connectivity index is 1.80. The summed E-state index contributed by atoms with van der Waals surface area (Å²) in [6.45, 7) is 1.95. The van der Waals surface area contributed by atoms with Gasteiger partial charge in [-0.15, -0.1) is 0 Å². The second-order valence-corrected chi connectivity index (χ2v) is 6.57. The van der Waals surface area contributed by atoms with Crippen LogP contribution in [0.1, 0.15) is 24.8 Å². The molecule has 1 aromatic rings. The second-order valence-electron chi connectivity index (χ2n) is 5.65. The van der Waals surface area contributed by atoms with Gasteiger partial charge in [-0.05, 0) is 43.5 Å². The van der Waals surface area contributed by atoms with Crippen molar-refractivity contribution in [3.63, 3.8) is 0 Å². The summed E-state index contributed by atoms with van der Waals surface area (Å²) >= 11 is 3.45. The molecule has 0 spiro atoms. The van der Waals surface area contributed by atoms with Gasteiger partial charge in [0.2, 0.25) is 5.91 Å². The molecule has 0 aromatic heterocycles. The largest absolute Gasteiger partial charge is 0.341 e. The summed E-state index contributed by atoms with van der Waals surface area (Å²) in [5.41, 5.74) is 0.927. The molecule has 102 valence electrons. The van der Waals surface area contributed by atoms with Gasteiger partial charge in [-0.1, -0.05) is 28.1 Å². The molecule has 1 amide bonds. The molecule has 1 atom stereocenters. The van der Waals surface area contributed by atoms with E-state index in [2.05, 4.69) is 33.4 Å². The molecule has 1 N–H and O–H groups in total. The van der Waals surface area contributed by atoms with Crippen LogP contribution >= 0.6 is 15.9 Å². The van der Waals surface area contributed by atoms with E-state index in [0.29, 0.717) is 11.9 Å². The fourth-order valence-electron chi connectivity index (χ4n) is 2.99. The average Bonchev–Trinajstić information content (AvgIpc) is 3.05. The number of carbonyl (C=O) groups excluding carboxylic acids is 1. The summed E-state index contributed by atoms with van der Waals surface area (Å²) in [4.78, 5) is 14.8. The number of halogens is 1. The summed E-state index contributed by atoms with van der Waals surface area (Å²) in [5, 5.41) is 3.33. The van der Waals surface area contributed by atoms with Crippen molar-refractivity contribution in [2.45, 2.75) is 30.7 Å². The minimum absolute atomic E-state index is 0.238. The van der Waals surface area contributed by atoms with Crippen molar-refractivity contribution in [1.29, 1.82) is 0 Å². The van der Waals surface area contributed by atoms with E-state index in [1.807, 2.05) is 24.1 Å². The SMILES string of the molecule is CN(C(=O)C1(c2ccc(Br)cc2)CC1)C1CCNC1. The van der Waals surface area contributed by atoms with Crippen molar-refractivity contribution in [1.82, 2.24) is 10.2 Å². The fourth-order valence-corrected chi connectivity index (χ4v) is 3.26. The van der Waals surface area contributed by atoms with Crippen molar-refractivity contribution < 1.29 is 4.79 Å². The van der Waals surface area contributed by atoms with Crippen LogP contribution in [0.5, 0.6) is 0 Å². The van der Waals surface area contributed by atoms with Crippen LogP contribution in [0.3, 0.4) is 0 Å². The third-order valence-electron chi connectivity index (χ3n) is 4.46. The van der Waals surface area contributed by atoms with Gasteiger partial charge in [0.15, 0.2) is 0 Å². The van der Waals surface area contributed by atoms with E-state index in [1.165, 1.54) is 5.56 Å². The summed E-state index contributed by atoms with van der Waals surface area (Å²) in [6, 6.07) is 8.57. The molecular weight excluding hydrogens is 304 g/mol. The van der Waals surface area contributed by atoms with Crippen molar-refractivity contribution in [3.05, 3.63) is 34.3 Å². The highest BCUT2D eigenvalue weighted by Gasteiger charge is 2.53. The van der Waals surface area contributed by atoms with E-state index in [0.717, 1.165) is 36.8 Å². The first kappa shape index (κ1) is 13.1. The standard InChI is InChI=1S/C15H19BrN2O/c1-18(13-6-9-17-10-13)14(19)15(7-8-15)11-2-4-12(16)5-3-11/h2-5,13,17H,6-10H2,1H3. The normalized spacial score (nSPS) is 24.2. The first-order valence-corrected chi connectivity index (χ1v) is 7.67. The Hall–Kier alpha value is -0.870. The number of hydrogen-bond acceptors (Lipinski definition) is 2. The Labute approximate surface area is 122 Å². The van der Waals surface area contributed by atoms with Crippen LogP contribution in [0.25, 0.3) is 0 Å². The van der Waals surface area contributed by atoms with Crippen molar-refractivity contribution in [2.24, 2.45) is 0 Å². The van der Waals surface area contributed by atoms with Crippen LogP contribution in [0, 0.1) is 0 Å². The van der Waals surface area contributed by atoms with Gasteiger partial charge in [-0.25, -0.2) is 0 Å². The highest BCUT2D eigenvalue weighted by atomic mass is 79.9. The molecule has 1 unspecified atom stereocenters. The van der Waals surface area contributed by atoms with Crippen LogP contribution in [0.15, 0.2) is 28.7 Å². The predicted molar refractivity (Wildman–Crippen MR) is 79.1 cm³/mol. The third-order valence-corrected chi connectivity index (χ3v) is 4.99. The molecule has 2 aliphatic rings. The Morgan fingerprint density at radius 3 is 2.58 bits per heavy atom. The summed E-state index contributed by atoms with van der Waals surface area (Å²) in [7, 11) is 1.96. The van der Waals surface area contributed by atoms with E-state index < -0.39 is 0 Å². The molecule has 0 radical (unpaired) electrons. The number of carbonyl (C=O) groups is 1. The Bertz CT molecular complexity index is 475. The predicted octanol–water partition coefficient (Wildman–Crippen LogP) is 2.30. The maximum Gasteiger partial charge on any atom is 0.233 e. The van der Waals surface area contributed by atoms with Crippen molar-refractivity contribution in [2.75, 3.05) is 20.1 Å². The number of nitrogens with one attached hydrogen (secondary N) is 1. The zero-order valence-corrected chi connectivity index (χ0v) is 12.7. The number of nitrogens with zero attached hydrogens (tertiary/aromatic N) is 1. The molecule has 4 heteroatoms. The lowest BCUT2D eigenvalue weighted by Crippen LogP contribution is -2.44. The van der Waals surface area contributed by atoms with Crippen LogP contribution in [0.2, 0.25) is 0 Å². The first-order valence-electron chi connectivity index (χ1n) is 6.87. The Kier molecular flexibility index (Phi) is 3.39. The van der Waals surface area contributed by atoms with E-state index in [9.17, 15) is 4.79 Å². The van der Waals surface area contributed by atoms with Crippen LogP contribution in [-0.2, 0) is 10.2 Å². The van der Waals surface area contributed by atoms with Gasteiger partial charge in [0.25, 0.3) is 0 Å². The topological polar surface area (TPSA) is 32.3 Å². The van der Waals surface area contributed by atoms with Gasteiger partial charge in [0.1, 0.15) is 0 Å². The molecule has 1 aliphatic carbocycles. The molecule has 1 heterocycles. The molecule has 2 fully saturated rings. The van der Waals surface area contributed by atoms with Crippen molar-refractivity contribution >= 4 is 21.8 Å². The number of amides is 1. The van der Waals surface area contributed by atoms with Crippen molar-refractivity contribution in [3.8, 4) is 0 Å². The molecule has 3 rings (SSSR count). The van der Waals surface area contributed by atoms with Crippen LogP contribution < -0.4 is 5.32 Å². The Morgan fingerprint density at radius 1 is 1.37 bits per heavy atom. The lowest BCUT2D eigenvalue weighted by atomic mass is 9.94. The van der Waals surface area contributed by atoms with Gasteiger partial charge < -0.3 is 10.2 Å². The number of benzene rings is 1. The molecule has 19 heavy (non-hydrogen) atoms. The molecule has 1 aliphatic heterocycles. The van der Waals surface area contributed by atoms with Gasteiger partial charge >= 0.3 is 0 Å². The maximum absolute atomic E-state index is 12.8. The maximum atomic E-state index is 12.8. The lowest BCUT2D eigenvalue weighted by molar-refractivity contribution is -0.134. The third kappa shape index (κ3) is 2.32. The van der Waals surface area contributed by atoms with Crippen LogP contribution in [0.4, 0.5) is 0 Å². The minimum atomic E-state index is -0.238. The van der Waals surface area contributed by atoms with E-state index in [1.54, 1.807) is 0 Å². The van der Waals surface area contributed by atoms with E-state index >= 15 is 0 Å². The highest BCUT2D eigenvalue weighted by Crippen LogP contribution is 2.50. The summed E-state index contributed by atoms with van der Waals surface area (Å²) < 4.78 is 1.06. The second kappa shape index (κ2) is 4.91. The zero-order chi connectivity index (χ0) is 13.5. The lowest BCUT2D eigenvalue weighted by Gasteiger charge is -2.28.